The molecule has 11 rings (SSSR count). The summed E-state index contributed by atoms with van der Waals surface area (Å²) in [5.41, 5.74) is 23.9. The number of methoxy groups -OCH3 is 7. The van der Waals surface area contributed by atoms with Crippen LogP contribution >= 0.6 is 47.0 Å². The maximum Gasteiger partial charge on any atom is 0.425 e. The van der Waals surface area contributed by atoms with E-state index in [4.69, 9.17) is 25.9 Å². The number of thioether (sulfide) groups is 4. The molecule has 7 heterocycles. The summed E-state index contributed by atoms with van der Waals surface area (Å²) in [5.74, 6) is -5.23. The number of nitrogens with two attached hydrogens (primary N) is 1. The highest BCUT2D eigenvalue weighted by Gasteiger charge is 2.38. The number of alkyl halides is 2. The van der Waals surface area contributed by atoms with Crippen molar-refractivity contribution in [3.63, 3.8) is 0 Å². The summed E-state index contributed by atoms with van der Waals surface area (Å²) in [5, 5.41) is 80.1. The number of carbonyl (C=O) groups excluding carboxylic acids is 8. The Bertz CT molecular complexity index is 4790. The Morgan fingerprint density at radius 2 is 1.00 bits per heavy atom. The first-order valence-corrected chi connectivity index (χ1v) is 37.1. The van der Waals surface area contributed by atoms with E-state index in [-0.39, 0.29) is 127 Å². The third-order valence-corrected chi connectivity index (χ3v) is 18.0. The zero-order chi connectivity index (χ0) is 87.4. The van der Waals surface area contributed by atoms with Crippen LogP contribution in [0, 0.1) is 0 Å². The number of halogens is 2. The number of carboxylic acids is 3. The zero-order valence-electron chi connectivity index (χ0n) is 62.9. The minimum absolute atomic E-state index is 0.0134. The lowest BCUT2D eigenvalue weighted by molar-refractivity contribution is -0.134. The van der Waals surface area contributed by atoms with Crippen LogP contribution in [0.5, 0.6) is 23.0 Å². The number of aromatic hydroxyl groups is 3. The number of hydrogen-bond acceptors (Lipinski definition) is 46. The van der Waals surface area contributed by atoms with Gasteiger partial charge in [-0.2, -0.15) is 40.8 Å². The summed E-state index contributed by atoms with van der Waals surface area (Å²) < 4.78 is 56.9. The number of nitrogens with one attached hydrogen (secondary N) is 14. The highest BCUT2D eigenvalue weighted by atomic mass is 32.2. The molecule has 6 aliphatic heterocycles. The van der Waals surface area contributed by atoms with E-state index in [9.17, 15) is 76.8 Å². The zero-order valence-corrected chi connectivity index (χ0v) is 66.1. The molecule has 0 bridgehead atoms. The van der Waals surface area contributed by atoms with Crippen molar-refractivity contribution >= 4 is 204 Å². The van der Waals surface area contributed by atoms with Gasteiger partial charge in [0.1, 0.15) is 29.4 Å². The van der Waals surface area contributed by atoms with Gasteiger partial charge in [0.2, 0.25) is 36.1 Å². The molecule has 1 aromatic heterocycles. The molecule has 0 aliphatic carbocycles. The number of phenols is 3. The smallest absolute Gasteiger partial charge is 0.425 e. The van der Waals surface area contributed by atoms with E-state index in [0.29, 0.717) is 45.8 Å². The Labute approximate surface area is 689 Å². The van der Waals surface area contributed by atoms with Crippen LogP contribution in [0.3, 0.4) is 0 Å². The van der Waals surface area contributed by atoms with Gasteiger partial charge in [-0.3, -0.25) is 51.4 Å². The first-order chi connectivity index (χ1) is 57.4. The Morgan fingerprint density at radius 3 is 1.52 bits per heavy atom. The molecule has 6 aliphatic rings. The van der Waals surface area contributed by atoms with Gasteiger partial charge in [-0.1, -0.05) is 47.0 Å². The van der Waals surface area contributed by atoms with Crippen molar-refractivity contribution in [2.24, 2.45) is 30.0 Å². The lowest BCUT2D eigenvalue weighted by Gasteiger charge is -2.39. The number of ether oxygens (including phenoxy) is 7. The molecule has 3 unspecified atom stereocenters. The predicted molar refractivity (Wildman–Crippen MR) is 426 cm³/mol. The van der Waals surface area contributed by atoms with E-state index >= 15 is 0 Å². The van der Waals surface area contributed by atoms with Crippen molar-refractivity contribution in [2.75, 3.05) is 135 Å². The Kier molecular flexibility index (Phi) is 32.9. The Hall–Kier alpha value is -14.5. The first-order valence-electron chi connectivity index (χ1n) is 33.2. The van der Waals surface area contributed by atoms with Gasteiger partial charge in [0, 0.05) is 47.0 Å². The topological polar surface area (TPSA) is 700 Å². The molecule has 0 saturated heterocycles. The first kappa shape index (κ1) is 91.0. The number of esters is 1. The van der Waals surface area contributed by atoms with Crippen LogP contribution in [0.4, 0.5) is 94.9 Å². The summed E-state index contributed by atoms with van der Waals surface area (Å²) in [4.78, 5) is 171. The van der Waals surface area contributed by atoms with Gasteiger partial charge in [-0.05, 0) is 41.5 Å². The lowest BCUT2D eigenvalue weighted by Crippen LogP contribution is -2.59. The number of carbonyl (C=O) groups is 11. The number of amidine groups is 3. The van der Waals surface area contributed by atoms with E-state index in [1.54, 1.807) is 28.0 Å². The van der Waals surface area contributed by atoms with Crippen LogP contribution in [0.25, 0.3) is 0 Å². The number of nitrogen functional groups attached to an aromatic ring is 1. The predicted octanol–water partition coefficient (Wildman–Crippen LogP) is 3.20. The molecular formula is C62H71F2N27O25S4. The molecule has 3 atom stereocenters. The van der Waals surface area contributed by atoms with Crippen LogP contribution in [-0.2, 0) is 65.4 Å². The summed E-state index contributed by atoms with van der Waals surface area (Å²) in [6, 6.07) is 12.3. The molecule has 22 N–H and O–H groups in total. The normalized spacial score (nSPS) is 15.1. The minimum atomic E-state index is -1.16. The van der Waals surface area contributed by atoms with E-state index in [0.717, 1.165) is 52.1 Å². The molecule has 5 aromatic rings. The number of fused-ring (bicyclic) bond motifs is 6. The Balaban J connectivity index is 0.000000199. The van der Waals surface area contributed by atoms with Crippen LogP contribution in [0.15, 0.2) is 89.7 Å². The SMILES string of the molecule is COC(=O)NNC1N=C(SCC(=O)O)N=C2Nc3cc(O)c(NC(=O)OC)cc3CN21.COC(=O)NNC1N=C(SCC(=O)O)N=C2Nc3cc(O)c(NC(=O)OC)cc3ON21.COC(=O)NNc1nc(Nc2ccc(N)c(C(=O)OC)c2)nc(SCC(=O)O)n1.COC(=O)Nc1cc2c(cc1O)NC1=NC(SCF)=NC(CNC(=O)CF)N1C2. The fourth-order valence-corrected chi connectivity index (χ4v) is 11.8. The van der Waals surface area contributed by atoms with Gasteiger partial charge in [0.05, 0.1) is 115 Å². The lowest BCUT2D eigenvalue weighted by atomic mass is 10.1. The van der Waals surface area contributed by atoms with Gasteiger partial charge in [0.15, 0.2) is 39.4 Å². The molecule has 58 heteroatoms. The quantitative estimate of drug-likeness (QED) is 0.0111. The second kappa shape index (κ2) is 43.4. The van der Waals surface area contributed by atoms with Crippen LogP contribution in [-0.4, -0.2) is 265 Å². The molecule has 120 heavy (non-hydrogen) atoms. The van der Waals surface area contributed by atoms with E-state index in [1.165, 1.54) is 86.2 Å². The second-order valence-electron chi connectivity index (χ2n) is 22.8. The fourth-order valence-electron chi connectivity index (χ4n) is 9.61. The summed E-state index contributed by atoms with van der Waals surface area (Å²) in [6.45, 7) is -0.699. The number of aromatic nitrogens is 3. The molecule has 0 saturated carbocycles. The van der Waals surface area contributed by atoms with Crippen molar-refractivity contribution in [3.05, 3.63) is 71.3 Å². The number of carboxylic acid groups (broad SMARTS) is 3. The molecular weight excluding hydrogens is 1690 g/mol. The average molecular weight is 1760 g/mol. The second-order valence-corrected chi connectivity index (χ2v) is 26.5. The number of aliphatic imine (C=N–C) groups is 6. The van der Waals surface area contributed by atoms with Gasteiger partial charge in [0.25, 0.3) is 5.91 Å². The average Bonchev–Trinajstić information content (AvgIpc) is 0.778. The highest BCUT2D eigenvalue weighted by molar-refractivity contribution is 8.14. The van der Waals surface area contributed by atoms with Gasteiger partial charge in [-0.15, -0.1) is 5.06 Å². The van der Waals surface area contributed by atoms with Crippen molar-refractivity contribution in [2.45, 2.75) is 37.0 Å². The number of nitrogens with zero attached hydrogens (tertiary/aromatic N) is 12. The number of anilines is 10. The molecule has 0 spiro atoms. The van der Waals surface area contributed by atoms with E-state index in [2.05, 4.69) is 153 Å². The maximum atomic E-state index is 12.7. The molecule has 4 aromatic carbocycles. The van der Waals surface area contributed by atoms with Crippen molar-refractivity contribution < 1.29 is 130 Å². The van der Waals surface area contributed by atoms with Gasteiger partial charge >= 0.3 is 60.4 Å². The number of hydrazine groups is 3. The van der Waals surface area contributed by atoms with Crippen LogP contribution < -0.4 is 85.7 Å². The number of guanidine groups is 3. The molecule has 7 amide bonds. The number of benzene rings is 4. The third kappa shape index (κ3) is 26.0. The monoisotopic (exact) mass is 1760 g/mol. The van der Waals surface area contributed by atoms with Gasteiger partial charge in [-0.25, -0.2) is 62.7 Å². The maximum absolute atomic E-state index is 12.7. The molecule has 52 nitrogen and oxygen atoms in total. The highest BCUT2D eigenvalue weighted by Crippen LogP contribution is 2.41. The van der Waals surface area contributed by atoms with E-state index < -0.39 is 97.8 Å². The number of hydrogen-bond donors (Lipinski definition) is 21. The number of phenolic OH excluding ortho intramolecular Hbond substituents is 3. The summed E-state index contributed by atoms with van der Waals surface area (Å²) in [6.07, 6.45) is -7.22. The molecule has 0 radical (unpaired) electrons. The number of rotatable bonds is 23. The van der Waals surface area contributed by atoms with Crippen molar-refractivity contribution in [3.8, 4) is 23.0 Å². The van der Waals surface area contributed by atoms with Crippen molar-refractivity contribution in [1.82, 2.24) is 62.3 Å². The minimum Gasteiger partial charge on any atom is -0.506 e. The number of amides is 7. The van der Waals surface area contributed by atoms with E-state index in [1.807, 2.05) is 0 Å². The largest absolute Gasteiger partial charge is 0.506 e. The van der Waals surface area contributed by atoms with Gasteiger partial charge < -0.3 is 111 Å². The third-order valence-electron chi connectivity index (χ3n) is 14.9. The van der Waals surface area contributed by atoms with Crippen LogP contribution in [0.2, 0.25) is 0 Å². The van der Waals surface area contributed by atoms with Crippen LogP contribution in [0.1, 0.15) is 21.5 Å². The number of aliphatic carboxylic acids is 3. The fraction of sp³-hybridized carbons (Fsp3) is 0.290. The summed E-state index contributed by atoms with van der Waals surface area (Å²) in [7, 11) is 8.33. The molecule has 0 fully saturated rings. The summed E-state index contributed by atoms with van der Waals surface area (Å²) >= 11 is 3.37. The Morgan fingerprint density at radius 1 is 0.533 bits per heavy atom. The van der Waals surface area contributed by atoms with Crippen molar-refractivity contribution in [1.29, 1.82) is 0 Å². The standard InChI is InChI=1S/C16H18F2N6O4S.C16H19N7O7S.C15H17N7O8S.C15H17N7O6S/c1-28-16(27)21-10-2-8-6-24-12(5-19-13(26)4-17)22-15(29-7-18)23-14(24)20-9(8)3-11(10)25;1-29-15(27)18-9-3-7-5-23-12(17-8(7)4-10(9)24)19-14(31-6-11(25)26)20-13(23)21-22-16(28)30-2;1-28-14(26)17-6-4-9-7(3-8(6)23)16-11-18-13(31-5-10(24)25)19-12(22(11)30-9)20-21-15(27)29-2;1-27-11(25)8-5-7(3-4-9(8)16)17-12-18-13(21-22-15(26)28-2)20-14(19-12)29-6-10(23)24/h2-3,12,25H,4-7H2,1H3,(H,19,26)(H,21,27)(H,20,22,23);3-4,13,21,24H,5-6H2,1-2H3,(H,18,27)(H,22,28)(H,25,26)(H,17,19,20);3-4,12,20,23H,5H2,1-2H3,(H,17,26)(H,21,27)(H,24,25)(H,16,18,19);3-5H,6,16H2,1-2H3,(H,22,26)(H,23,24)(H2,17,18,19,20,21). The number of hydroxylamine groups is 2. The molecule has 642 valence electrons.